The SMILES string of the molecule is CCN1C(=O)C[C@H](C(=O)N[C@@H](Cc2cnc[nH]2)C(=O)N2CCC[C@H]2C(N)=O)NC1=O. The van der Waals surface area contributed by atoms with Gasteiger partial charge in [0.25, 0.3) is 0 Å². The number of rotatable bonds is 7. The molecule has 5 N–H and O–H groups in total. The quantitative estimate of drug-likeness (QED) is 0.408. The van der Waals surface area contributed by atoms with Crippen LogP contribution in [-0.2, 0) is 25.6 Å². The molecule has 6 amide bonds. The molecule has 0 unspecified atom stereocenters. The van der Waals surface area contributed by atoms with Gasteiger partial charge in [-0.25, -0.2) is 9.78 Å². The number of primary amides is 1. The van der Waals surface area contributed by atoms with Crippen LogP contribution in [0.4, 0.5) is 4.79 Å². The van der Waals surface area contributed by atoms with Crippen LogP contribution in [0.1, 0.15) is 31.9 Å². The number of nitrogens with one attached hydrogen (secondary N) is 3. The van der Waals surface area contributed by atoms with Gasteiger partial charge in [0.2, 0.25) is 23.6 Å². The standard InChI is InChI=1S/C18H25N7O5/c1-2-24-14(26)7-11(23-18(24)30)16(28)22-12(6-10-8-20-9-21-10)17(29)25-5-3-4-13(25)15(19)27/h8-9,11-13H,2-7H2,1H3,(H2,19,27)(H,20,21)(H,22,28)(H,23,30)/t11-,12+,13+/m1/s1. The zero-order valence-electron chi connectivity index (χ0n) is 16.6. The molecular weight excluding hydrogens is 394 g/mol. The van der Waals surface area contributed by atoms with Crippen LogP contribution in [-0.4, -0.2) is 80.6 Å². The molecule has 3 rings (SSSR count). The van der Waals surface area contributed by atoms with Crippen molar-refractivity contribution in [1.82, 2.24) is 30.4 Å². The highest BCUT2D eigenvalue weighted by atomic mass is 16.2. The molecular formula is C18H25N7O5. The molecule has 1 aromatic rings. The van der Waals surface area contributed by atoms with E-state index in [4.69, 9.17) is 5.73 Å². The Labute approximate surface area is 172 Å². The van der Waals surface area contributed by atoms with Gasteiger partial charge in [-0.3, -0.25) is 24.1 Å². The largest absolute Gasteiger partial charge is 0.368 e. The Morgan fingerprint density at radius 2 is 2.13 bits per heavy atom. The molecule has 0 aromatic carbocycles. The summed E-state index contributed by atoms with van der Waals surface area (Å²) in [5, 5.41) is 5.10. The van der Waals surface area contributed by atoms with Gasteiger partial charge in [0.15, 0.2) is 0 Å². The molecule has 30 heavy (non-hydrogen) atoms. The molecule has 0 saturated carbocycles. The zero-order valence-corrected chi connectivity index (χ0v) is 16.6. The molecule has 0 radical (unpaired) electrons. The summed E-state index contributed by atoms with van der Waals surface area (Å²) in [5.41, 5.74) is 6.01. The van der Waals surface area contributed by atoms with Crippen LogP contribution < -0.4 is 16.4 Å². The molecule has 162 valence electrons. The second kappa shape index (κ2) is 8.93. The average Bonchev–Trinajstić information content (AvgIpc) is 3.38. The highest BCUT2D eigenvalue weighted by Gasteiger charge is 2.39. The fraction of sp³-hybridized carbons (Fsp3) is 0.556. The lowest BCUT2D eigenvalue weighted by Crippen LogP contribution is -2.61. The summed E-state index contributed by atoms with van der Waals surface area (Å²) in [4.78, 5) is 70.9. The maximum Gasteiger partial charge on any atom is 0.324 e. The van der Waals surface area contributed by atoms with E-state index in [9.17, 15) is 24.0 Å². The van der Waals surface area contributed by atoms with Crippen molar-refractivity contribution in [1.29, 1.82) is 0 Å². The number of hydrogen-bond acceptors (Lipinski definition) is 6. The highest BCUT2D eigenvalue weighted by molar-refractivity contribution is 6.03. The van der Waals surface area contributed by atoms with Crippen LogP contribution >= 0.6 is 0 Å². The lowest BCUT2D eigenvalue weighted by molar-refractivity contribution is -0.141. The van der Waals surface area contributed by atoms with Crippen molar-refractivity contribution in [3.8, 4) is 0 Å². The minimum absolute atomic E-state index is 0.0995. The van der Waals surface area contributed by atoms with E-state index in [1.54, 1.807) is 6.92 Å². The van der Waals surface area contributed by atoms with Gasteiger partial charge in [0, 0.05) is 31.4 Å². The van der Waals surface area contributed by atoms with Gasteiger partial charge in [-0.15, -0.1) is 0 Å². The molecule has 1 aromatic heterocycles. The first kappa shape index (κ1) is 21.3. The Balaban J connectivity index is 1.75. The van der Waals surface area contributed by atoms with Crippen LogP contribution in [0.3, 0.4) is 0 Å². The molecule has 2 aliphatic heterocycles. The number of imidazole rings is 1. The Kier molecular flexibility index (Phi) is 6.33. The molecule has 12 nitrogen and oxygen atoms in total. The van der Waals surface area contributed by atoms with Crippen molar-refractivity contribution >= 4 is 29.7 Å². The fourth-order valence-corrected chi connectivity index (χ4v) is 3.77. The van der Waals surface area contributed by atoms with Crippen molar-refractivity contribution in [2.45, 2.75) is 50.7 Å². The summed E-state index contributed by atoms with van der Waals surface area (Å²) in [6.07, 6.45) is 3.95. The third kappa shape index (κ3) is 4.42. The predicted molar refractivity (Wildman–Crippen MR) is 102 cm³/mol. The first-order valence-corrected chi connectivity index (χ1v) is 9.80. The summed E-state index contributed by atoms with van der Waals surface area (Å²) in [6, 6.07) is -3.49. The summed E-state index contributed by atoms with van der Waals surface area (Å²) < 4.78 is 0. The van der Waals surface area contributed by atoms with Gasteiger partial charge in [0.1, 0.15) is 18.1 Å². The lowest BCUT2D eigenvalue weighted by atomic mass is 10.1. The molecule has 2 saturated heterocycles. The maximum absolute atomic E-state index is 13.1. The van der Waals surface area contributed by atoms with Gasteiger partial charge >= 0.3 is 6.03 Å². The van der Waals surface area contributed by atoms with Crippen molar-refractivity contribution in [3.63, 3.8) is 0 Å². The third-order valence-corrected chi connectivity index (χ3v) is 5.31. The van der Waals surface area contributed by atoms with E-state index in [1.165, 1.54) is 17.4 Å². The van der Waals surface area contributed by atoms with E-state index < -0.39 is 47.8 Å². The first-order chi connectivity index (χ1) is 14.3. The van der Waals surface area contributed by atoms with Crippen molar-refractivity contribution in [2.75, 3.05) is 13.1 Å². The van der Waals surface area contributed by atoms with E-state index in [2.05, 4.69) is 20.6 Å². The minimum atomic E-state index is -1.09. The van der Waals surface area contributed by atoms with Gasteiger partial charge in [-0.1, -0.05) is 0 Å². The number of carbonyl (C=O) groups is 5. The van der Waals surface area contributed by atoms with Crippen molar-refractivity contribution < 1.29 is 24.0 Å². The summed E-state index contributed by atoms with van der Waals surface area (Å²) in [7, 11) is 0. The number of imide groups is 1. The Morgan fingerprint density at radius 3 is 2.73 bits per heavy atom. The average molecular weight is 419 g/mol. The van der Waals surface area contributed by atoms with E-state index in [1.807, 2.05) is 0 Å². The predicted octanol–water partition coefficient (Wildman–Crippen LogP) is -1.76. The molecule has 12 heteroatoms. The molecule has 2 fully saturated rings. The number of nitrogens with two attached hydrogens (primary N) is 1. The number of aromatic amines is 1. The second-order valence-corrected chi connectivity index (χ2v) is 7.28. The summed E-state index contributed by atoms with van der Waals surface area (Å²) in [6.45, 7) is 2.21. The first-order valence-electron chi connectivity index (χ1n) is 9.80. The van der Waals surface area contributed by atoms with Crippen LogP contribution in [0.15, 0.2) is 12.5 Å². The topological polar surface area (TPSA) is 171 Å². The van der Waals surface area contributed by atoms with Crippen LogP contribution in [0.2, 0.25) is 0 Å². The minimum Gasteiger partial charge on any atom is -0.368 e. The Morgan fingerprint density at radius 1 is 1.37 bits per heavy atom. The number of likely N-dealkylation sites (tertiary alicyclic amines) is 1. The number of urea groups is 1. The summed E-state index contributed by atoms with van der Waals surface area (Å²) >= 11 is 0. The van der Waals surface area contributed by atoms with E-state index in [0.717, 1.165) is 4.90 Å². The Bertz CT molecular complexity index is 822. The number of aromatic nitrogens is 2. The second-order valence-electron chi connectivity index (χ2n) is 7.28. The number of carbonyl (C=O) groups excluding carboxylic acids is 5. The lowest BCUT2D eigenvalue weighted by Gasteiger charge is -2.32. The monoisotopic (exact) mass is 419 g/mol. The smallest absolute Gasteiger partial charge is 0.324 e. The van der Waals surface area contributed by atoms with E-state index in [-0.39, 0.29) is 19.4 Å². The molecule has 3 atom stereocenters. The fourth-order valence-electron chi connectivity index (χ4n) is 3.77. The summed E-state index contributed by atoms with van der Waals surface area (Å²) in [5.74, 6) is -2.17. The maximum atomic E-state index is 13.1. The normalized spacial score (nSPS) is 22.6. The van der Waals surface area contributed by atoms with E-state index >= 15 is 0 Å². The number of H-pyrrole nitrogens is 1. The highest BCUT2D eigenvalue weighted by Crippen LogP contribution is 2.19. The molecule has 0 aliphatic carbocycles. The van der Waals surface area contributed by atoms with Gasteiger partial charge < -0.3 is 26.3 Å². The zero-order chi connectivity index (χ0) is 21.8. The van der Waals surface area contributed by atoms with E-state index in [0.29, 0.717) is 25.1 Å². The van der Waals surface area contributed by atoms with Crippen molar-refractivity contribution in [2.24, 2.45) is 5.73 Å². The molecule has 0 bridgehead atoms. The number of hydrogen-bond donors (Lipinski definition) is 4. The van der Waals surface area contributed by atoms with Crippen LogP contribution in [0, 0.1) is 0 Å². The number of amides is 6. The third-order valence-electron chi connectivity index (χ3n) is 5.31. The van der Waals surface area contributed by atoms with Crippen molar-refractivity contribution in [3.05, 3.63) is 18.2 Å². The number of nitrogens with zero attached hydrogens (tertiary/aromatic N) is 3. The van der Waals surface area contributed by atoms with Gasteiger partial charge in [0.05, 0.1) is 12.7 Å². The Hall–Kier alpha value is -3.44. The molecule has 3 heterocycles. The van der Waals surface area contributed by atoms with Gasteiger partial charge in [-0.05, 0) is 19.8 Å². The van der Waals surface area contributed by atoms with Gasteiger partial charge in [-0.2, -0.15) is 0 Å². The van der Waals surface area contributed by atoms with Crippen LogP contribution in [0.5, 0.6) is 0 Å². The molecule has 2 aliphatic rings. The van der Waals surface area contributed by atoms with Crippen LogP contribution in [0.25, 0.3) is 0 Å². The molecule has 0 spiro atoms.